The number of ether oxygens (including phenoxy) is 1. The molecule has 114 valence electrons. The lowest BCUT2D eigenvalue weighted by Gasteiger charge is -2.21. The van der Waals surface area contributed by atoms with E-state index in [-0.39, 0.29) is 17.3 Å². The van der Waals surface area contributed by atoms with Gasteiger partial charge >= 0.3 is 0 Å². The molecule has 1 N–H and O–H groups in total. The van der Waals surface area contributed by atoms with Crippen molar-refractivity contribution in [3.8, 4) is 5.75 Å². The van der Waals surface area contributed by atoms with Crippen LogP contribution in [0.5, 0.6) is 5.75 Å². The average molecular weight is 301 g/mol. The Labute approximate surface area is 121 Å². The molecule has 0 aromatic heterocycles. The minimum absolute atomic E-state index is 0.148. The summed E-state index contributed by atoms with van der Waals surface area (Å²) >= 11 is 0. The van der Waals surface area contributed by atoms with Crippen molar-refractivity contribution in [2.45, 2.75) is 38.2 Å². The average Bonchev–Trinajstić information content (AvgIpc) is 2.46. The Bertz CT molecular complexity index is 528. The zero-order valence-corrected chi connectivity index (χ0v) is 13.1. The highest BCUT2D eigenvalue weighted by molar-refractivity contribution is 7.89. The minimum atomic E-state index is -3.56. The first kappa shape index (κ1) is 16.9. The first-order chi connectivity index (χ1) is 9.51. The molecule has 0 saturated carbocycles. The van der Waals surface area contributed by atoms with E-state index < -0.39 is 10.0 Å². The summed E-state index contributed by atoms with van der Waals surface area (Å²) in [5.41, 5.74) is 0.623. The van der Waals surface area contributed by atoms with Crippen molar-refractivity contribution in [1.82, 2.24) is 4.31 Å². The van der Waals surface area contributed by atoms with E-state index in [1.165, 1.54) is 17.5 Å². The molecule has 0 atom stereocenters. The van der Waals surface area contributed by atoms with Crippen LogP contribution in [0.3, 0.4) is 0 Å². The fourth-order valence-electron chi connectivity index (χ4n) is 1.95. The Morgan fingerprint density at radius 3 is 2.50 bits per heavy atom. The van der Waals surface area contributed by atoms with E-state index in [1.807, 2.05) is 13.8 Å². The van der Waals surface area contributed by atoms with Crippen molar-refractivity contribution in [3.63, 3.8) is 0 Å². The molecule has 1 rings (SSSR count). The number of aliphatic hydroxyl groups excluding tert-OH is 1. The van der Waals surface area contributed by atoms with Crippen LogP contribution in [0.1, 0.15) is 32.3 Å². The monoisotopic (exact) mass is 301 g/mol. The van der Waals surface area contributed by atoms with E-state index in [2.05, 4.69) is 0 Å². The van der Waals surface area contributed by atoms with E-state index in [4.69, 9.17) is 9.84 Å². The summed E-state index contributed by atoms with van der Waals surface area (Å²) in [5, 5.41) is 9.11. The van der Waals surface area contributed by atoms with Crippen molar-refractivity contribution in [3.05, 3.63) is 23.8 Å². The van der Waals surface area contributed by atoms with Gasteiger partial charge in [0.05, 0.1) is 13.7 Å². The van der Waals surface area contributed by atoms with Gasteiger partial charge in [0.25, 0.3) is 0 Å². The number of unbranched alkanes of at least 4 members (excludes halogenated alkanes) is 1. The third-order valence-electron chi connectivity index (χ3n) is 3.14. The fourth-order valence-corrected chi connectivity index (χ4v) is 3.57. The highest BCUT2D eigenvalue weighted by Gasteiger charge is 2.26. The van der Waals surface area contributed by atoms with Gasteiger partial charge in [0, 0.05) is 13.1 Å². The zero-order chi connectivity index (χ0) is 15.2. The van der Waals surface area contributed by atoms with E-state index in [9.17, 15) is 8.42 Å². The van der Waals surface area contributed by atoms with Gasteiger partial charge < -0.3 is 9.84 Å². The molecular weight excluding hydrogens is 278 g/mol. The number of hydrogen-bond acceptors (Lipinski definition) is 4. The van der Waals surface area contributed by atoms with Gasteiger partial charge in [-0.15, -0.1) is 0 Å². The molecule has 0 saturated heterocycles. The second-order valence-electron chi connectivity index (χ2n) is 4.49. The van der Waals surface area contributed by atoms with Gasteiger partial charge in [-0.05, 0) is 24.1 Å². The molecule has 0 heterocycles. The Balaban J connectivity index is 3.19. The number of methoxy groups -OCH3 is 1. The van der Waals surface area contributed by atoms with Crippen molar-refractivity contribution >= 4 is 10.0 Å². The van der Waals surface area contributed by atoms with Gasteiger partial charge in [-0.25, -0.2) is 8.42 Å². The highest BCUT2D eigenvalue weighted by atomic mass is 32.2. The predicted molar refractivity (Wildman–Crippen MR) is 78.3 cm³/mol. The molecule has 20 heavy (non-hydrogen) atoms. The molecule has 0 radical (unpaired) electrons. The summed E-state index contributed by atoms with van der Waals surface area (Å²) in [6, 6.07) is 4.65. The Hall–Kier alpha value is -1.11. The summed E-state index contributed by atoms with van der Waals surface area (Å²) in [7, 11) is -2.14. The van der Waals surface area contributed by atoms with Crippen molar-refractivity contribution in [2.75, 3.05) is 20.2 Å². The summed E-state index contributed by atoms with van der Waals surface area (Å²) in [5.74, 6) is 0.270. The summed E-state index contributed by atoms with van der Waals surface area (Å²) in [4.78, 5) is 0.148. The molecule has 1 aromatic rings. The van der Waals surface area contributed by atoms with Crippen LogP contribution < -0.4 is 4.74 Å². The SMILES string of the molecule is CCCCN(CC)S(=O)(=O)c1ccc(CO)cc1OC. The van der Waals surface area contributed by atoms with E-state index in [0.717, 1.165) is 12.8 Å². The Morgan fingerprint density at radius 1 is 1.30 bits per heavy atom. The lowest BCUT2D eigenvalue weighted by molar-refractivity contribution is 0.280. The lowest BCUT2D eigenvalue weighted by Crippen LogP contribution is -2.32. The number of rotatable bonds is 8. The van der Waals surface area contributed by atoms with Crippen LogP contribution in [0, 0.1) is 0 Å². The van der Waals surface area contributed by atoms with Gasteiger partial charge in [0.2, 0.25) is 10.0 Å². The molecule has 0 fully saturated rings. The van der Waals surface area contributed by atoms with Gasteiger partial charge in [-0.1, -0.05) is 26.3 Å². The van der Waals surface area contributed by atoms with Crippen LogP contribution in [0.4, 0.5) is 0 Å². The number of aliphatic hydroxyl groups is 1. The van der Waals surface area contributed by atoms with Crippen molar-refractivity contribution < 1.29 is 18.3 Å². The molecule has 5 nitrogen and oxygen atoms in total. The normalized spacial score (nSPS) is 11.8. The minimum Gasteiger partial charge on any atom is -0.495 e. The summed E-state index contributed by atoms with van der Waals surface area (Å²) in [6.45, 7) is 4.62. The van der Waals surface area contributed by atoms with Crippen LogP contribution in [-0.2, 0) is 16.6 Å². The predicted octanol–water partition coefficient (Wildman–Crippen LogP) is 2.00. The lowest BCUT2D eigenvalue weighted by atomic mass is 10.2. The number of benzene rings is 1. The van der Waals surface area contributed by atoms with Crippen molar-refractivity contribution in [2.24, 2.45) is 0 Å². The maximum atomic E-state index is 12.6. The van der Waals surface area contributed by atoms with Crippen LogP contribution in [0.25, 0.3) is 0 Å². The molecule has 0 aliphatic carbocycles. The standard InChI is InChI=1S/C14H23NO4S/c1-4-6-9-15(5-2)20(17,18)14-8-7-12(11-16)10-13(14)19-3/h7-8,10,16H,4-6,9,11H2,1-3H3. The number of nitrogens with zero attached hydrogens (tertiary/aromatic N) is 1. The molecule has 0 spiro atoms. The molecule has 1 aromatic carbocycles. The third kappa shape index (κ3) is 3.71. The van der Waals surface area contributed by atoms with Gasteiger partial charge in [-0.2, -0.15) is 4.31 Å². The quantitative estimate of drug-likeness (QED) is 0.797. The number of sulfonamides is 1. The molecule has 0 aliphatic heterocycles. The summed E-state index contributed by atoms with van der Waals surface area (Å²) < 4.78 is 31.9. The van der Waals surface area contributed by atoms with Crippen LogP contribution >= 0.6 is 0 Å². The molecule has 0 aliphatic rings. The van der Waals surface area contributed by atoms with Crippen LogP contribution in [0.2, 0.25) is 0 Å². The maximum absolute atomic E-state index is 12.6. The smallest absolute Gasteiger partial charge is 0.246 e. The Kier molecular flexibility index (Phi) is 6.45. The van der Waals surface area contributed by atoms with Crippen LogP contribution in [0.15, 0.2) is 23.1 Å². The molecule has 6 heteroatoms. The largest absolute Gasteiger partial charge is 0.495 e. The van der Waals surface area contributed by atoms with Gasteiger partial charge in [-0.3, -0.25) is 0 Å². The molecule has 0 unspecified atom stereocenters. The maximum Gasteiger partial charge on any atom is 0.246 e. The van der Waals surface area contributed by atoms with Crippen LogP contribution in [-0.4, -0.2) is 38.0 Å². The van der Waals surface area contributed by atoms with Crippen molar-refractivity contribution in [1.29, 1.82) is 0 Å². The molecule has 0 amide bonds. The third-order valence-corrected chi connectivity index (χ3v) is 5.16. The second-order valence-corrected chi connectivity index (χ2v) is 6.40. The summed E-state index contributed by atoms with van der Waals surface area (Å²) in [6.07, 6.45) is 1.76. The van der Waals surface area contributed by atoms with Gasteiger partial charge in [0.1, 0.15) is 10.6 Å². The fraction of sp³-hybridized carbons (Fsp3) is 0.571. The van der Waals surface area contributed by atoms with E-state index in [0.29, 0.717) is 18.7 Å². The second kappa shape index (κ2) is 7.61. The highest BCUT2D eigenvalue weighted by Crippen LogP contribution is 2.28. The van der Waals surface area contributed by atoms with Gasteiger partial charge in [0.15, 0.2) is 0 Å². The number of hydrogen-bond donors (Lipinski definition) is 1. The van der Waals surface area contributed by atoms with E-state index in [1.54, 1.807) is 12.1 Å². The topological polar surface area (TPSA) is 66.8 Å². The molecular formula is C14H23NO4S. The van der Waals surface area contributed by atoms with E-state index >= 15 is 0 Å². The first-order valence-corrected chi connectivity index (χ1v) is 8.23. The first-order valence-electron chi connectivity index (χ1n) is 6.79. The Morgan fingerprint density at radius 2 is 2.00 bits per heavy atom. The zero-order valence-electron chi connectivity index (χ0n) is 12.3. The molecule has 0 bridgehead atoms.